The first kappa shape index (κ1) is 13.9. The predicted octanol–water partition coefficient (Wildman–Crippen LogP) is 2.41. The second kappa shape index (κ2) is 5.61. The quantitative estimate of drug-likeness (QED) is 0.886. The number of hydrogen-bond donors (Lipinski definition) is 1. The van der Waals surface area contributed by atoms with Crippen LogP contribution in [0.25, 0.3) is 0 Å². The highest BCUT2D eigenvalue weighted by molar-refractivity contribution is 5.70. The predicted molar refractivity (Wildman–Crippen MR) is 73.3 cm³/mol. The van der Waals surface area contributed by atoms with Gasteiger partial charge in [0.05, 0.1) is 13.0 Å². The van der Waals surface area contributed by atoms with Crippen molar-refractivity contribution in [1.82, 2.24) is 4.90 Å². The van der Waals surface area contributed by atoms with Gasteiger partial charge in [0.15, 0.2) is 0 Å². The van der Waals surface area contributed by atoms with Crippen molar-refractivity contribution < 1.29 is 14.6 Å². The summed E-state index contributed by atoms with van der Waals surface area (Å²) in [4.78, 5) is 13.2. The monoisotopic (exact) mass is 263 g/mol. The second-order valence-corrected chi connectivity index (χ2v) is 5.29. The average molecular weight is 263 g/mol. The number of ether oxygens (including phenoxy) is 1. The fraction of sp³-hybridized carbons (Fsp3) is 0.533. The Hall–Kier alpha value is -1.55. The molecule has 0 aromatic heterocycles. The fourth-order valence-corrected chi connectivity index (χ4v) is 2.50. The van der Waals surface area contributed by atoms with Crippen LogP contribution in [-0.2, 0) is 4.79 Å². The standard InChI is InChI=1S/C15H21NO3/c1-10(15(17)18)13-8-16(9-13)11(2)12-5-4-6-14(7-12)19-3/h4-7,10-11,13H,8-9H2,1-3H3,(H,17,18). The maximum Gasteiger partial charge on any atom is 0.306 e. The summed E-state index contributed by atoms with van der Waals surface area (Å²) in [7, 11) is 1.66. The van der Waals surface area contributed by atoms with Crippen LogP contribution in [-0.4, -0.2) is 36.2 Å². The topological polar surface area (TPSA) is 49.8 Å². The van der Waals surface area contributed by atoms with E-state index in [2.05, 4.69) is 17.9 Å². The summed E-state index contributed by atoms with van der Waals surface area (Å²) in [6.45, 7) is 5.65. The molecule has 4 heteroatoms. The molecule has 1 aliphatic rings. The minimum Gasteiger partial charge on any atom is -0.497 e. The summed E-state index contributed by atoms with van der Waals surface area (Å²) in [5.41, 5.74) is 1.21. The lowest BCUT2D eigenvalue weighted by atomic mass is 9.85. The normalized spacial score (nSPS) is 19.5. The molecule has 0 bridgehead atoms. The van der Waals surface area contributed by atoms with E-state index in [1.807, 2.05) is 18.2 Å². The molecule has 2 rings (SSSR count). The molecule has 19 heavy (non-hydrogen) atoms. The van der Waals surface area contributed by atoms with Crippen molar-refractivity contribution in [2.24, 2.45) is 11.8 Å². The van der Waals surface area contributed by atoms with Crippen LogP contribution in [0.2, 0.25) is 0 Å². The highest BCUT2D eigenvalue weighted by Crippen LogP contribution is 2.33. The SMILES string of the molecule is COc1cccc(C(C)N2CC(C(C)C(=O)O)C2)c1. The lowest BCUT2D eigenvalue weighted by Gasteiger charge is -2.45. The summed E-state index contributed by atoms with van der Waals surface area (Å²) in [6, 6.07) is 8.34. The van der Waals surface area contributed by atoms with E-state index in [-0.39, 0.29) is 11.8 Å². The molecule has 0 saturated carbocycles. The van der Waals surface area contributed by atoms with Crippen molar-refractivity contribution in [1.29, 1.82) is 0 Å². The Morgan fingerprint density at radius 2 is 2.11 bits per heavy atom. The third kappa shape index (κ3) is 2.89. The van der Waals surface area contributed by atoms with E-state index in [1.54, 1.807) is 14.0 Å². The van der Waals surface area contributed by atoms with Crippen LogP contribution in [0.3, 0.4) is 0 Å². The van der Waals surface area contributed by atoms with Crippen LogP contribution in [0.4, 0.5) is 0 Å². The van der Waals surface area contributed by atoms with E-state index in [4.69, 9.17) is 9.84 Å². The molecule has 1 N–H and O–H groups in total. The van der Waals surface area contributed by atoms with Crippen LogP contribution in [0.5, 0.6) is 5.75 Å². The van der Waals surface area contributed by atoms with Gasteiger partial charge in [0.1, 0.15) is 5.75 Å². The van der Waals surface area contributed by atoms with Crippen molar-refractivity contribution in [3.8, 4) is 5.75 Å². The number of aliphatic carboxylic acids is 1. The molecule has 0 spiro atoms. The van der Waals surface area contributed by atoms with E-state index < -0.39 is 5.97 Å². The lowest BCUT2D eigenvalue weighted by molar-refractivity contribution is -0.146. The number of hydrogen-bond acceptors (Lipinski definition) is 3. The molecule has 0 amide bonds. The summed E-state index contributed by atoms with van der Waals surface area (Å²) in [5.74, 6) is 0.179. The Labute approximate surface area is 114 Å². The van der Waals surface area contributed by atoms with Gasteiger partial charge in [0.2, 0.25) is 0 Å². The van der Waals surface area contributed by atoms with E-state index >= 15 is 0 Å². The Bertz CT molecular complexity index is 454. The van der Waals surface area contributed by atoms with Crippen molar-refractivity contribution >= 4 is 5.97 Å². The van der Waals surface area contributed by atoms with E-state index in [0.29, 0.717) is 6.04 Å². The van der Waals surface area contributed by atoms with Gasteiger partial charge < -0.3 is 9.84 Å². The zero-order valence-electron chi connectivity index (χ0n) is 11.7. The molecule has 1 fully saturated rings. The van der Waals surface area contributed by atoms with Crippen LogP contribution < -0.4 is 4.74 Å². The van der Waals surface area contributed by atoms with Gasteiger partial charge in [-0.15, -0.1) is 0 Å². The van der Waals surface area contributed by atoms with E-state index in [1.165, 1.54) is 5.56 Å². The average Bonchev–Trinajstić information content (AvgIpc) is 2.36. The summed E-state index contributed by atoms with van der Waals surface area (Å²) < 4.78 is 5.23. The fourth-order valence-electron chi connectivity index (χ4n) is 2.50. The Morgan fingerprint density at radius 3 is 2.68 bits per heavy atom. The highest BCUT2D eigenvalue weighted by atomic mass is 16.5. The number of rotatable bonds is 5. The molecular formula is C15H21NO3. The van der Waals surface area contributed by atoms with Crippen molar-refractivity contribution in [2.75, 3.05) is 20.2 Å². The first-order valence-corrected chi connectivity index (χ1v) is 6.63. The number of nitrogens with zero attached hydrogens (tertiary/aromatic N) is 1. The molecule has 1 aliphatic heterocycles. The van der Waals surface area contributed by atoms with Crippen LogP contribution in [0.1, 0.15) is 25.5 Å². The first-order chi connectivity index (χ1) is 9.02. The minimum atomic E-state index is -0.696. The maximum atomic E-state index is 10.9. The summed E-state index contributed by atoms with van der Waals surface area (Å²) in [5, 5.41) is 8.99. The van der Waals surface area contributed by atoms with Gasteiger partial charge in [-0.1, -0.05) is 19.1 Å². The molecule has 1 saturated heterocycles. The molecule has 1 aromatic carbocycles. The smallest absolute Gasteiger partial charge is 0.306 e. The van der Waals surface area contributed by atoms with Gasteiger partial charge in [-0.05, 0) is 30.5 Å². The van der Waals surface area contributed by atoms with Gasteiger partial charge in [0.25, 0.3) is 0 Å². The number of carboxylic acid groups (broad SMARTS) is 1. The Balaban J connectivity index is 1.95. The van der Waals surface area contributed by atoms with Crippen LogP contribution in [0, 0.1) is 11.8 Å². The van der Waals surface area contributed by atoms with Crippen molar-refractivity contribution in [2.45, 2.75) is 19.9 Å². The number of likely N-dealkylation sites (tertiary alicyclic amines) is 1. The van der Waals surface area contributed by atoms with Crippen LogP contribution >= 0.6 is 0 Å². The highest BCUT2D eigenvalue weighted by Gasteiger charge is 2.37. The number of methoxy groups -OCH3 is 1. The third-order valence-electron chi connectivity index (χ3n) is 4.16. The van der Waals surface area contributed by atoms with Gasteiger partial charge in [-0.3, -0.25) is 9.69 Å². The van der Waals surface area contributed by atoms with Gasteiger partial charge in [-0.25, -0.2) is 0 Å². The zero-order chi connectivity index (χ0) is 14.0. The van der Waals surface area contributed by atoms with Gasteiger partial charge in [0, 0.05) is 19.1 Å². The number of carboxylic acids is 1. The van der Waals surface area contributed by atoms with Crippen LogP contribution in [0.15, 0.2) is 24.3 Å². The largest absolute Gasteiger partial charge is 0.497 e. The number of carbonyl (C=O) groups is 1. The molecule has 1 aromatic rings. The zero-order valence-corrected chi connectivity index (χ0v) is 11.7. The van der Waals surface area contributed by atoms with E-state index in [9.17, 15) is 4.79 Å². The molecule has 2 unspecified atom stereocenters. The molecule has 4 nitrogen and oxygen atoms in total. The second-order valence-electron chi connectivity index (χ2n) is 5.29. The number of benzene rings is 1. The maximum absolute atomic E-state index is 10.9. The third-order valence-corrected chi connectivity index (χ3v) is 4.16. The van der Waals surface area contributed by atoms with Crippen molar-refractivity contribution in [3.05, 3.63) is 29.8 Å². The molecule has 1 heterocycles. The molecule has 0 aliphatic carbocycles. The lowest BCUT2D eigenvalue weighted by Crippen LogP contribution is -2.51. The Morgan fingerprint density at radius 1 is 1.42 bits per heavy atom. The molecule has 2 atom stereocenters. The van der Waals surface area contributed by atoms with E-state index in [0.717, 1.165) is 18.8 Å². The summed E-state index contributed by atoms with van der Waals surface area (Å²) >= 11 is 0. The Kier molecular flexibility index (Phi) is 4.10. The summed E-state index contributed by atoms with van der Waals surface area (Å²) in [6.07, 6.45) is 0. The van der Waals surface area contributed by atoms with Crippen molar-refractivity contribution in [3.63, 3.8) is 0 Å². The van der Waals surface area contributed by atoms with Gasteiger partial charge in [-0.2, -0.15) is 0 Å². The molecular weight excluding hydrogens is 242 g/mol. The minimum absolute atomic E-state index is 0.256. The van der Waals surface area contributed by atoms with Gasteiger partial charge >= 0.3 is 5.97 Å². The first-order valence-electron chi connectivity index (χ1n) is 6.63. The molecule has 104 valence electrons. The molecule has 0 radical (unpaired) electrons.